The minimum absolute atomic E-state index is 0.0160. The Bertz CT molecular complexity index is 1100. The molecule has 0 aromatic heterocycles. The Balaban J connectivity index is 1.98. The molecule has 0 fully saturated rings. The van der Waals surface area contributed by atoms with E-state index in [4.69, 9.17) is 0 Å². The summed E-state index contributed by atoms with van der Waals surface area (Å²) < 4.78 is 79.8. The molecule has 36 heavy (non-hydrogen) atoms. The molecule has 3 aromatic carbocycles. The van der Waals surface area contributed by atoms with Gasteiger partial charge in [-0.15, -0.1) is 0 Å². The van der Waals surface area contributed by atoms with Crippen LogP contribution in [-0.4, -0.2) is 18.1 Å². The third kappa shape index (κ3) is 7.10. The fourth-order valence-corrected chi connectivity index (χ4v) is 6.41. The topological polar surface area (TPSA) is 29.1 Å². The van der Waals surface area contributed by atoms with Crippen molar-refractivity contribution in [2.75, 3.05) is 6.16 Å². The molecule has 0 radical (unpaired) electrons. The summed E-state index contributed by atoms with van der Waals surface area (Å²) in [4.78, 5) is 13.1. The van der Waals surface area contributed by atoms with E-state index in [0.29, 0.717) is 18.3 Å². The van der Waals surface area contributed by atoms with E-state index in [9.17, 15) is 31.1 Å². The van der Waals surface area contributed by atoms with E-state index >= 15 is 0 Å². The molecule has 0 aliphatic heterocycles. The van der Waals surface area contributed by atoms with Crippen LogP contribution in [0.3, 0.4) is 0 Å². The fourth-order valence-electron chi connectivity index (χ4n) is 3.62. The first-order chi connectivity index (χ1) is 16.7. The lowest BCUT2D eigenvalue weighted by atomic mass is 9.87. The van der Waals surface area contributed by atoms with Crippen molar-refractivity contribution in [3.8, 4) is 0 Å². The number of alkyl halides is 6. The molecule has 3 aromatic rings. The summed E-state index contributed by atoms with van der Waals surface area (Å²) in [5.74, 6) is -0.984. The van der Waals surface area contributed by atoms with Gasteiger partial charge in [-0.25, -0.2) is 0 Å². The summed E-state index contributed by atoms with van der Waals surface area (Å²) in [5.41, 5.74) is -4.26. The molecule has 0 spiro atoms. The van der Waals surface area contributed by atoms with Crippen molar-refractivity contribution in [3.05, 3.63) is 95.6 Å². The lowest BCUT2D eigenvalue weighted by Gasteiger charge is -2.35. The zero-order chi connectivity index (χ0) is 26.7. The van der Waals surface area contributed by atoms with Gasteiger partial charge in [0, 0.05) is 11.6 Å². The van der Waals surface area contributed by atoms with E-state index in [2.05, 4.69) is 5.32 Å². The summed E-state index contributed by atoms with van der Waals surface area (Å²) in [6.07, 6.45) is -9.62. The maximum absolute atomic E-state index is 13.3. The van der Waals surface area contributed by atoms with Gasteiger partial charge in [-0.3, -0.25) is 4.79 Å². The second-order valence-electron chi connectivity index (χ2n) is 9.47. The Kier molecular flexibility index (Phi) is 8.19. The van der Waals surface area contributed by atoms with Crippen LogP contribution < -0.4 is 15.9 Å². The Morgan fingerprint density at radius 3 is 1.53 bits per heavy atom. The van der Waals surface area contributed by atoms with E-state index in [-0.39, 0.29) is 6.07 Å². The first-order valence-corrected chi connectivity index (χ1v) is 12.7. The number of nitrogens with one attached hydrogen (secondary N) is 1. The lowest BCUT2D eigenvalue weighted by molar-refractivity contribution is -0.143. The monoisotopic (exact) mass is 525 g/mol. The maximum atomic E-state index is 13.3. The highest BCUT2D eigenvalue weighted by Crippen LogP contribution is 2.39. The predicted molar refractivity (Wildman–Crippen MR) is 131 cm³/mol. The summed E-state index contributed by atoms with van der Waals surface area (Å²) >= 11 is 0. The molecule has 192 valence electrons. The van der Waals surface area contributed by atoms with E-state index in [0.717, 1.165) is 10.6 Å². The molecule has 0 aliphatic carbocycles. The van der Waals surface area contributed by atoms with E-state index in [1.54, 1.807) is 0 Å². The molecular formula is C27H26F6NOP. The first-order valence-electron chi connectivity index (χ1n) is 11.1. The summed E-state index contributed by atoms with van der Waals surface area (Å²) in [6.45, 7) is 5.61. The Labute approximate surface area is 207 Å². The highest BCUT2D eigenvalue weighted by Gasteiger charge is 2.38. The van der Waals surface area contributed by atoms with Gasteiger partial charge in [0.2, 0.25) is 0 Å². The summed E-state index contributed by atoms with van der Waals surface area (Å²) in [5, 5.41) is 4.83. The molecule has 2 nitrogen and oxygen atoms in total. The van der Waals surface area contributed by atoms with Gasteiger partial charge < -0.3 is 5.32 Å². The zero-order valence-electron chi connectivity index (χ0n) is 19.9. The lowest BCUT2D eigenvalue weighted by Crippen LogP contribution is -2.47. The van der Waals surface area contributed by atoms with Crippen LogP contribution in [-0.2, 0) is 12.4 Å². The number of hydrogen-bond donors (Lipinski definition) is 1. The van der Waals surface area contributed by atoms with Crippen LogP contribution in [0.25, 0.3) is 0 Å². The van der Waals surface area contributed by atoms with Gasteiger partial charge in [-0.1, -0.05) is 81.4 Å². The molecule has 1 amide bonds. The van der Waals surface area contributed by atoms with Crippen molar-refractivity contribution >= 4 is 24.4 Å². The van der Waals surface area contributed by atoms with Crippen LogP contribution in [0.1, 0.15) is 42.3 Å². The summed E-state index contributed by atoms with van der Waals surface area (Å²) in [7, 11) is -0.978. The van der Waals surface area contributed by atoms with Crippen molar-refractivity contribution in [1.82, 2.24) is 5.32 Å². The van der Waals surface area contributed by atoms with Gasteiger partial charge in [-0.2, -0.15) is 26.3 Å². The van der Waals surface area contributed by atoms with Crippen LogP contribution in [0.2, 0.25) is 0 Å². The highest BCUT2D eigenvalue weighted by molar-refractivity contribution is 7.73. The average Bonchev–Trinajstić information content (AvgIpc) is 2.80. The van der Waals surface area contributed by atoms with Crippen LogP contribution in [0.5, 0.6) is 0 Å². The molecule has 0 bridgehead atoms. The molecule has 0 saturated carbocycles. The quantitative estimate of drug-likeness (QED) is 0.273. The molecule has 9 heteroatoms. The van der Waals surface area contributed by atoms with Gasteiger partial charge in [0.1, 0.15) is 0 Å². The van der Waals surface area contributed by atoms with Gasteiger partial charge >= 0.3 is 12.4 Å². The zero-order valence-corrected chi connectivity index (χ0v) is 20.8. The molecular weight excluding hydrogens is 499 g/mol. The van der Waals surface area contributed by atoms with Crippen molar-refractivity contribution in [3.63, 3.8) is 0 Å². The SMILES string of the molecule is CC(C)(C)C(CP(c1ccccc1)c1ccccc1)NC(=O)c1cc(C(F)(F)F)cc(C(F)(F)F)c1. The van der Waals surface area contributed by atoms with Gasteiger partial charge in [0.05, 0.1) is 11.1 Å². The molecule has 0 saturated heterocycles. The van der Waals surface area contributed by atoms with Crippen molar-refractivity contribution < 1.29 is 31.1 Å². The predicted octanol–water partition coefficient (Wildman–Crippen LogP) is 7.00. The van der Waals surface area contributed by atoms with Crippen molar-refractivity contribution in [2.24, 2.45) is 5.41 Å². The van der Waals surface area contributed by atoms with E-state index in [1.165, 1.54) is 0 Å². The Morgan fingerprint density at radius 2 is 1.17 bits per heavy atom. The minimum Gasteiger partial charge on any atom is -0.348 e. The number of hydrogen-bond acceptors (Lipinski definition) is 1. The Hall–Kier alpha value is -2.86. The highest BCUT2D eigenvalue weighted by atomic mass is 31.1. The molecule has 0 heterocycles. The van der Waals surface area contributed by atoms with E-state index in [1.807, 2.05) is 81.4 Å². The third-order valence-corrected chi connectivity index (χ3v) is 8.27. The van der Waals surface area contributed by atoms with E-state index < -0.39 is 54.3 Å². The normalized spacial score (nSPS) is 13.5. The number of halogens is 6. The average molecular weight is 525 g/mol. The largest absolute Gasteiger partial charge is 0.416 e. The molecule has 1 N–H and O–H groups in total. The second kappa shape index (κ2) is 10.6. The fraction of sp³-hybridized carbons (Fsp3) is 0.296. The van der Waals surface area contributed by atoms with Crippen LogP contribution in [0.4, 0.5) is 26.3 Å². The third-order valence-electron chi connectivity index (χ3n) is 5.70. The number of benzene rings is 3. The van der Waals surface area contributed by atoms with Gasteiger partial charge in [0.15, 0.2) is 0 Å². The van der Waals surface area contributed by atoms with Crippen molar-refractivity contribution in [2.45, 2.75) is 39.2 Å². The number of amides is 1. The smallest absolute Gasteiger partial charge is 0.348 e. The van der Waals surface area contributed by atoms with Crippen LogP contribution in [0, 0.1) is 5.41 Å². The van der Waals surface area contributed by atoms with Crippen molar-refractivity contribution in [1.29, 1.82) is 0 Å². The molecule has 0 aliphatic rings. The van der Waals surface area contributed by atoms with Crippen LogP contribution >= 0.6 is 7.92 Å². The summed E-state index contributed by atoms with van der Waals surface area (Å²) in [6, 6.07) is 19.7. The minimum atomic E-state index is -5.03. The maximum Gasteiger partial charge on any atom is 0.416 e. The molecule has 1 atom stereocenters. The van der Waals surface area contributed by atoms with Gasteiger partial charge in [-0.05, 0) is 48.3 Å². The Morgan fingerprint density at radius 1 is 0.750 bits per heavy atom. The second-order valence-corrected chi connectivity index (χ2v) is 11.7. The van der Waals surface area contributed by atoms with Gasteiger partial charge in [0.25, 0.3) is 5.91 Å². The number of carbonyl (C=O) groups excluding carboxylic acids is 1. The first kappa shape index (κ1) is 27.7. The molecule has 1 unspecified atom stereocenters. The number of rotatable bonds is 6. The number of carbonyl (C=O) groups is 1. The standard InChI is InChI=1S/C27H26F6NOP/c1-25(2,3)23(17-36(21-10-6-4-7-11-21)22-12-8-5-9-13-22)34-24(35)18-14-19(26(28,29)30)16-20(15-18)27(31,32)33/h4-16,23H,17H2,1-3H3,(H,34,35). The molecule has 3 rings (SSSR count). The van der Waals surface area contributed by atoms with Crippen LogP contribution in [0.15, 0.2) is 78.9 Å².